The maximum Gasteiger partial charge on any atom is 0.161 e. The molecule has 0 amide bonds. The lowest BCUT2D eigenvalue weighted by Crippen LogP contribution is -2.40. The van der Waals surface area contributed by atoms with Gasteiger partial charge in [-0.25, -0.2) is 4.39 Å². The minimum Gasteiger partial charge on any atom is -0.493 e. The molecule has 4 rings (SSSR count). The van der Waals surface area contributed by atoms with Gasteiger partial charge in [-0.15, -0.1) is 0 Å². The van der Waals surface area contributed by atoms with Crippen LogP contribution in [0.5, 0.6) is 11.5 Å². The van der Waals surface area contributed by atoms with E-state index in [1.54, 1.807) is 13.2 Å². The van der Waals surface area contributed by atoms with Gasteiger partial charge in [0.15, 0.2) is 11.5 Å². The zero-order chi connectivity index (χ0) is 20.2. The molecule has 2 heterocycles. The lowest BCUT2D eigenvalue weighted by atomic mass is 9.91. The van der Waals surface area contributed by atoms with Crippen LogP contribution in [0.15, 0.2) is 47.0 Å². The third-order valence-electron chi connectivity index (χ3n) is 5.85. The quantitative estimate of drug-likeness (QED) is 0.560. The first-order valence-corrected chi connectivity index (χ1v) is 10.2. The van der Waals surface area contributed by atoms with Gasteiger partial charge in [0.25, 0.3) is 0 Å². The molecule has 1 aromatic heterocycles. The number of likely N-dealkylation sites (tertiary alicyclic amines) is 1. The molecular weight excluding hydrogens is 371 g/mol. The SMILES string of the molecule is COc1ccccc1OCCC(C)N1CCC(c2onc3cc(F)ccc23)CC1. The second-order valence-corrected chi connectivity index (χ2v) is 7.66. The second-order valence-electron chi connectivity index (χ2n) is 7.66. The van der Waals surface area contributed by atoms with Crippen molar-refractivity contribution in [3.05, 3.63) is 54.0 Å². The summed E-state index contributed by atoms with van der Waals surface area (Å²) in [5, 5.41) is 4.97. The van der Waals surface area contributed by atoms with Gasteiger partial charge >= 0.3 is 0 Å². The highest BCUT2D eigenvalue weighted by atomic mass is 19.1. The number of hydrogen-bond acceptors (Lipinski definition) is 5. The largest absolute Gasteiger partial charge is 0.493 e. The van der Waals surface area contributed by atoms with Crippen molar-refractivity contribution in [3.63, 3.8) is 0 Å². The van der Waals surface area contributed by atoms with E-state index in [9.17, 15) is 4.39 Å². The van der Waals surface area contributed by atoms with Crippen molar-refractivity contribution in [1.29, 1.82) is 0 Å². The first kappa shape index (κ1) is 19.7. The van der Waals surface area contributed by atoms with Gasteiger partial charge in [-0.1, -0.05) is 17.3 Å². The lowest BCUT2D eigenvalue weighted by Gasteiger charge is -2.35. The Morgan fingerprint density at radius 1 is 1.17 bits per heavy atom. The van der Waals surface area contributed by atoms with Crippen molar-refractivity contribution in [2.45, 2.75) is 38.1 Å². The summed E-state index contributed by atoms with van der Waals surface area (Å²) in [5.74, 6) is 2.50. The van der Waals surface area contributed by atoms with Gasteiger partial charge in [0.2, 0.25) is 0 Å². The summed E-state index contributed by atoms with van der Waals surface area (Å²) >= 11 is 0. The Bertz CT molecular complexity index is 950. The Morgan fingerprint density at radius 2 is 1.93 bits per heavy atom. The molecule has 5 nitrogen and oxygen atoms in total. The number of nitrogens with zero attached hydrogens (tertiary/aromatic N) is 2. The molecule has 1 atom stereocenters. The molecular formula is C23H27FN2O3. The number of aromatic nitrogens is 1. The van der Waals surface area contributed by atoms with Crippen LogP contribution in [0, 0.1) is 5.82 Å². The highest BCUT2D eigenvalue weighted by molar-refractivity contribution is 5.80. The molecule has 0 N–H and O–H groups in total. The van der Waals surface area contributed by atoms with E-state index in [1.165, 1.54) is 12.1 Å². The number of fused-ring (bicyclic) bond motifs is 1. The maximum atomic E-state index is 13.4. The minimum absolute atomic E-state index is 0.281. The molecule has 154 valence electrons. The molecule has 1 aliphatic heterocycles. The maximum absolute atomic E-state index is 13.4. The number of halogens is 1. The molecule has 0 spiro atoms. The van der Waals surface area contributed by atoms with Crippen LogP contribution in [0.3, 0.4) is 0 Å². The summed E-state index contributed by atoms with van der Waals surface area (Å²) in [7, 11) is 1.66. The first-order chi connectivity index (χ1) is 14.2. The molecule has 1 unspecified atom stereocenters. The van der Waals surface area contributed by atoms with Crippen molar-refractivity contribution in [2.24, 2.45) is 0 Å². The Balaban J connectivity index is 1.28. The predicted octanol–water partition coefficient (Wildman–Crippen LogP) is 5.01. The molecule has 1 fully saturated rings. The third kappa shape index (κ3) is 4.37. The number of methoxy groups -OCH3 is 1. The topological polar surface area (TPSA) is 47.7 Å². The zero-order valence-corrected chi connectivity index (χ0v) is 16.9. The smallest absolute Gasteiger partial charge is 0.161 e. The highest BCUT2D eigenvalue weighted by Crippen LogP contribution is 2.34. The average Bonchev–Trinajstić information content (AvgIpc) is 3.17. The van der Waals surface area contributed by atoms with E-state index in [4.69, 9.17) is 14.0 Å². The molecule has 3 aromatic rings. The van der Waals surface area contributed by atoms with Gasteiger partial charge in [-0.05, 0) is 63.5 Å². The van der Waals surface area contributed by atoms with Crippen LogP contribution in [-0.4, -0.2) is 42.9 Å². The molecule has 0 saturated carbocycles. The van der Waals surface area contributed by atoms with Crippen LogP contribution in [0.2, 0.25) is 0 Å². The summed E-state index contributed by atoms with van der Waals surface area (Å²) in [4.78, 5) is 2.50. The summed E-state index contributed by atoms with van der Waals surface area (Å²) < 4.78 is 30.2. The van der Waals surface area contributed by atoms with Crippen molar-refractivity contribution in [1.82, 2.24) is 10.1 Å². The number of rotatable bonds is 7. The van der Waals surface area contributed by atoms with E-state index in [0.717, 1.165) is 55.0 Å². The van der Waals surface area contributed by atoms with Gasteiger partial charge in [0.05, 0.1) is 13.7 Å². The summed E-state index contributed by atoms with van der Waals surface area (Å²) in [6, 6.07) is 12.9. The van der Waals surface area contributed by atoms with Crippen LogP contribution >= 0.6 is 0 Å². The normalized spacial score (nSPS) is 16.8. The van der Waals surface area contributed by atoms with Crippen molar-refractivity contribution in [2.75, 3.05) is 26.8 Å². The molecule has 1 aliphatic rings. The Labute approximate surface area is 170 Å². The number of benzene rings is 2. The van der Waals surface area contributed by atoms with E-state index >= 15 is 0 Å². The van der Waals surface area contributed by atoms with Gasteiger partial charge in [-0.2, -0.15) is 0 Å². The highest BCUT2D eigenvalue weighted by Gasteiger charge is 2.27. The predicted molar refractivity (Wildman–Crippen MR) is 110 cm³/mol. The van der Waals surface area contributed by atoms with Crippen molar-refractivity contribution >= 4 is 10.9 Å². The number of para-hydroxylation sites is 2. The second kappa shape index (κ2) is 8.82. The molecule has 6 heteroatoms. The van der Waals surface area contributed by atoms with E-state index in [-0.39, 0.29) is 5.82 Å². The van der Waals surface area contributed by atoms with Gasteiger partial charge in [-0.3, -0.25) is 0 Å². The standard InChI is InChI=1S/C23H27FN2O3/c1-16(11-14-28-22-6-4-3-5-21(22)27-2)26-12-9-17(10-13-26)23-19-8-7-18(24)15-20(19)25-29-23/h3-8,15-17H,9-14H2,1-2H3. The summed E-state index contributed by atoms with van der Waals surface area (Å²) in [6.45, 7) is 4.91. The molecule has 0 bridgehead atoms. The minimum atomic E-state index is -0.281. The summed E-state index contributed by atoms with van der Waals surface area (Å²) in [6.07, 6.45) is 2.98. The fraction of sp³-hybridized carbons (Fsp3) is 0.435. The van der Waals surface area contributed by atoms with Crippen LogP contribution in [0.25, 0.3) is 10.9 Å². The van der Waals surface area contributed by atoms with Gasteiger partial charge < -0.3 is 18.9 Å². The Kier molecular flexibility index (Phi) is 6.00. The average molecular weight is 398 g/mol. The molecule has 0 aliphatic carbocycles. The number of ether oxygens (including phenoxy) is 2. The van der Waals surface area contributed by atoms with Crippen molar-refractivity contribution < 1.29 is 18.4 Å². The van der Waals surface area contributed by atoms with E-state index in [2.05, 4.69) is 17.0 Å². The fourth-order valence-corrected chi connectivity index (χ4v) is 4.09. The fourth-order valence-electron chi connectivity index (χ4n) is 4.09. The molecule has 2 aromatic carbocycles. The molecule has 29 heavy (non-hydrogen) atoms. The van der Waals surface area contributed by atoms with Crippen molar-refractivity contribution in [3.8, 4) is 11.5 Å². The first-order valence-electron chi connectivity index (χ1n) is 10.2. The van der Waals surface area contributed by atoms with Crippen LogP contribution < -0.4 is 9.47 Å². The van der Waals surface area contributed by atoms with Crippen LogP contribution in [0.1, 0.15) is 37.9 Å². The van der Waals surface area contributed by atoms with Gasteiger partial charge in [0.1, 0.15) is 17.1 Å². The van der Waals surface area contributed by atoms with E-state index in [1.807, 2.05) is 24.3 Å². The van der Waals surface area contributed by atoms with Gasteiger partial charge in [0, 0.05) is 23.4 Å². The van der Waals surface area contributed by atoms with Crippen LogP contribution in [-0.2, 0) is 0 Å². The zero-order valence-electron chi connectivity index (χ0n) is 16.9. The number of hydrogen-bond donors (Lipinski definition) is 0. The van der Waals surface area contributed by atoms with E-state index in [0.29, 0.717) is 24.1 Å². The monoisotopic (exact) mass is 398 g/mol. The molecule has 0 radical (unpaired) electrons. The summed E-state index contributed by atoms with van der Waals surface area (Å²) in [5.41, 5.74) is 0.601. The molecule has 1 saturated heterocycles. The Hall–Kier alpha value is -2.60. The lowest BCUT2D eigenvalue weighted by molar-refractivity contribution is 0.133. The van der Waals surface area contributed by atoms with E-state index < -0.39 is 0 Å². The number of piperidine rings is 1. The third-order valence-corrected chi connectivity index (χ3v) is 5.85. The van der Waals surface area contributed by atoms with Crippen LogP contribution in [0.4, 0.5) is 4.39 Å². The Morgan fingerprint density at radius 3 is 2.69 bits per heavy atom.